The second-order valence-corrected chi connectivity index (χ2v) is 8.39. The molecule has 1 aliphatic rings. The van der Waals surface area contributed by atoms with Crippen molar-refractivity contribution in [1.82, 2.24) is 0 Å². The molecule has 0 aromatic heterocycles. The quantitative estimate of drug-likeness (QED) is 0.268. The summed E-state index contributed by atoms with van der Waals surface area (Å²) in [5.74, 6) is 4.87. The van der Waals surface area contributed by atoms with Crippen molar-refractivity contribution in [3.63, 3.8) is 0 Å². The number of halogens is 3. The van der Waals surface area contributed by atoms with Gasteiger partial charge in [0.1, 0.15) is 6.61 Å². The van der Waals surface area contributed by atoms with E-state index in [0.717, 1.165) is 24.1 Å². The zero-order chi connectivity index (χ0) is 23.2. The zero-order valence-corrected chi connectivity index (χ0v) is 18.1. The Bertz CT molecular complexity index is 939. The third kappa shape index (κ3) is 7.45. The average molecular weight is 432 g/mol. The summed E-state index contributed by atoms with van der Waals surface area (Å²) in [6, 6.07) is 4.73. The number of rotatable bonds is 5. The SMILES string of the molecule is CC1=C[C@@H](OCC#Cc2ccc(C(F)(F)F)cc2)CC(C)(C)[C@H]1/C=C/C(C)=C\C(=O)O. The van der Waals surface area contributed by atoms with Gasteiger partial charge in [-0.15, -0.1) is 0 Å². The third-order valence-electron chi connectivity index (χ3n) is 5.23. The molecule has 31 heavy (non-hydrogen) atoms. The summed E-state index contributed by atoms with van der Waals surface area (Å²) in [6.45, 7) is 8.22. The first-order valence-corrected chi connectivity index (χ1v) is 9.94. The maximum atomic E-state index is 12.6. The van der Waals surface area contributed by atoms with Crippen LogP contribution in [0.25, 0.3) is 0 Å². The predicted molar refractivity (Wildman–Crippen MR) is 114 cm³/mol. The number of alkyl halides is 3. The summed E-state index contributed by atoms with van der Waals surface area (Å²) >= 11 is 0. The van der Waals surface area contributed by atoms with Crippen LogP contribution >= 0.6 is 0 Å². The van der Waals surface area contributed by atoms with Gasteiger partial charge >= 0.3 is 12.1 Å². The molecule has 0 saturated carbocycles. The molecule has 0 heterocycles. The van der Waals surface area contributed by atoms with Gasteiger partial charge in [-0.3, -0.25) is 0 Å². The number of hydrogen-bond donors (Lipinski definition) is 1. The van der Waals surface area contributed by atoms with Gasteiger partial charge in [-0.2, -0.15) is 13.2 Å². The number of benzene rings is 1. The summed E-state index contributed by atoms with van der Waals surface area (Å²) < 4.78 is 43.7. The van der Waals surface area contributed by atoms with E-state index in [1.165, 1.54) is 18.2 Å². The molecule has 1 aromatic carbocycles. The van der Waals surface area contributed by atoms with E-state index in [4.69, 9.17) is 9.84 Å². The first kappa shape index (κ1) is 24.5. The number of hydrogen-bond acceptors (Lipinski definition) is 2. The highest BCUT2D eigenvalue weighted by Crippen LogP contribution is 2.42. The molecule has 2 rings (SSSR count). The van der Waals surface area contributed by atoms with E-state index >= 15 is 0 Å². The number of allylic oxidation sites excluding steroid dienone is 4. The third-order valence-corrected chi connectivity index (χ3v) is 5.23. The Morgan fingerprint density at radius 2 is 1.94 bits per heavy atom. The van der Waals surface area contributed by atoms with Crippen molar-refractivity contribution < 1.29 is 27.8 Å². The fraction of sp³-hybridized carbons (Fsp3) is 0.400. The van der Waals surface area contributed by atoms with Crippen LogP contribution in [0.3, 0.4) is 0 Å². The molecule has 0 aliphatic heterocycles. The maximum absolute atomic E-state index is 12.6. The summed E-state index contributed by atoms with van der Waals surface area (Å²) in [6.07, 6.45) is 3.38. The Morgan fingerprint density at radius 3 is 2.48 bits per heavy atom. The molecule has 6 heteroatoms. The van der Waals surface area contributed by atoms with Crippen LogP contribution in [-0.2, 0) is 15.7 Å². The molecule has 0 unspecified atom stereocenters. The normalized spacial score (nSPS) is 21.4. The van der Waals surface area contributed by atoms with E-state index < -0.39 is 17.7 Å². The lowest BCUT2D eigenvalue weighted by atomic mass is 9.67. The zero-order valence-electron chi connectivity index (χ0n) is 18.1. The van der Waals surface area contributed by atoms with Gasteiger partial charge in [-0.05, 0) is 55.5 Å². The summed E-state index contributed by atoms with van der Waals surface area (Å²) in [7, 11) is 0. The summed E-state index contributed by atoms with van der Waals surface area (Å²) in [4.78, 5) is 10.8. The molecule has 1 aliphatic carbocycles. The molecule has 0 amide bonds. The molecule has 166 valence electrons. The van der Waals surface area contributed by atoms with Crippen LogP contribution in [0.4, 0.5) is 13.2 Å². The second kappa shape index (κ2) is 10.0. The van der Waals surface area contributed by atoms with Gasteiger partial charge in [0.2, 0.25) is 0 Å². The van der Waals surface area contributed by atoms with Gasteiger partial charge in [0, 0.05) is 17.6 Å². The Morgan fingerprint density at radius 1 is 1.29 bits per heavy atom. The minimum atomic E-state index is -4.36. The first-order valence-electron chi connectivity index (χ1n) is 9.94. The van der Waals surface area contributed by atoms with Crippen LogP contribution in [0.1, 0.15) is 45.2 Å². The van der Waals surface area contributed by atoms with Gasteiger partial charge in [-0.25, -0.2) is 4.79 Å². The highest BCUT2D eigenvalue weighted by Gasteiger charge is 2.35. The second-order valence-electron chi connectivity index (χ2n) is 8.39. The number of carboxylic acids is 1. The van der Waals surface area contributed by atoms with Crippen LogP contribution in [0.2, 0.25) is 0 Å². The van der Waals surface area contributed by atoms with Crippen LogP contribution in [-0.4, -0.2) is 23.8 Å². The van der Waals surface area contributed by atoms with E-state index in [1.807, 2.05) is 19.1 Å². The standard InChI is InChI=1S/C25H27F3O3/c1-17(14-23(29)30)7-12-22-18(2)15-21(16-24(22,3)4)31-13-5-6-19-8-10-20(11-9-19)25(26,27)28/h7-12,14-15,21-22H,13,16H2,1-4H3,(H,29,30)/b12-7+,17-14-/t21-,22+/m1/s1. The molecule has 0 spiro atoms. The van der Waals surface area contributed by atoms with E-state index in [9.17, 15) is 18.0 Å². The molecule has 0 fully saturated rings. The molecular weight excluding hydrogens is 405 g/mol. The number of aliphatic carboxylic acids is 1. The van der Waals surface area contributed by atoms with Gasteiger partial charge in [0.05, 0.1) is 11.7 Å². The highest BCUT2D eigenvalue weighted by molar-refractivity contribution is 5.81. The minimum absolute atomic E-state index is 0.0929. The van der Waals surface area contributed by atoms with Crippen molar-refractivity contribution in [2.24, 2.45) is 11.3 Å². The van der Waals surface area contributed by atoms with Crippen LogP contribution in [0, 0.1) is 23.2 Å². The topological polar surface area (TPSA) is 46.5 Å². The van der Waals surface area contributed by atoms with Crippen molar-refractivity contribution in [2.75, 3.05) is 6.61 Å². The smallest absolute Gasteiger partial charge is 0.416 e. The lowest BCUT2D eigenvalue weighted by Crippen LogP contribution is -2.34. The minimum Gasteiger partial charge on any atom is -0.478 e. The van der Waals surface area contributed by atoms with E-state index in [1.54, 1.807) is 6.92 Å². The van der Waals surface area contributed by atoms with Crippen LogP contribution in [0.15, 0.2) is 59.7 Å². The van der Waals surface area contributed by atoms with E-state index in [0.29, 0.717) is 11.1 Å². The van der Waals surface area contributed by atoms with Gasteiger partial charge in [0.25, 0.3) is 0 Å². The van der Waals surface area contributed by atoms with E-state index in [-0.39, 0.29) is 24.0 Å². The molecule has 0 bridgehead atoms. The molecule has 2 atom stereocenters. The summed E-state index contributed by atoms with van der Waals surface area (Å²) in [5.41, 5.74) is 1.52. The highest BCUT2D eigenvalue weighted by atomic mass is 19.4. The fourth-order valence-corrected chi connectivity index (χ4v) is 3.76. The van der Waals surface area contributed by atoms with Crippen molar-refractivity contribution >= 4 is 5.97 Å². The Hall–Kier alpha value is -2.78. The Kier molecular flexibility index (Phi) is 7.91. The lowest BCUT2D eigenvalue weighted by molar-refractivity contribution is -0.137. The van der Waals surface area contributed by atoms with Crippen LogP contribution < -0.4 is 0 Å². The monoisotopic (exact) mass is 432 g/mol. The Labute approximate surface area is 181 Å². The molecule has 1 aromatic rings. The summed E-state index contributed by atoms with van der Waals surface area (Å²) in [5, 5.41) is 8.84. The van der Waals surface area contributed by atoms with Crippen molar-refractivity contribution in [2.45, 2.75) is 46.4 Å². The van der Waals surface area contributed by atoms with Crippen molar-refractivity contribution in [3.8, 4) is 11.8 Å². The van der Waals surface area contributed by atoms with Gasteiger partial charge in [0.15, 0.2) is 0 Å². The number of carbonyl (C=O) groups is 1. The molecular formula is C25H27F3O3. The molecule has 1 N–H and O–H groups in total. The molecule has 0 radical (unpaired) electrons. The van der Waals surface area contributed by atoms with Crippen LogP contribution in [0.5, 0.6) is 0 Å². The molecule has 0 saturated heterocycles. The average Bonchev–Trinajstić information content (AvgIpc) is 2.63. The fourth-order valence-electron chi connectivity index (χ4n) is 3.76. The van der Waals surface area contributed by atoms with Crippen molar-refractivity contribution in [1.29, 1.82) is 0 Å². The van der Waals surface area contributed by atoms with Crippen molar-refractivity contribution in [3.05, 3.63) is 70.8 Å². The Balaban J connectivity index is 1.99. The van der Waals surface area contributed by atoms with Gasteiger partial charge < -0.3 is 9.84 Å². The molecule has 3 nitrogen and oxygen atoms in total. The largest absolute Gasteiger partial charge is 0.478 e. The predicted octanol–water partition coefficient (Wildman–Crippen LogP) is 6.02. The maximum Gasteiger partial charge on any atom is 0.416 e. The van der Waals surface area contributed by atoms with Gasteiger partial charge in [-0.1, -0.05) is 49.5 Å². The number of ether oxygens (including phenoxy) is 1. The lowest BCUT2D eigenvalue weighted by Gasteiger charge is -2.40. The number of carboxylic acid groups (broad SMARTS) is 1. The first-order chi connectivity index (χ1) is 14.4. The van der Waals surface area contributed by atoms with E-state index in [2.05, 4.69) is 31.8 Å².